The Labute approximate surface area is 79.6 Å². The summed E-state index contributed by atoms with van der Waals surface area (Å²) in [5, 5.41) is 0. The molecule has 0 aliphatic heterocycles. The van der Waals surface area contributed by atoms with Crippen LogP contribution in [0, 0.1) is 11.8 Å². The predicted molar refractivity (Wildman–Crippen MR) is 51.7 cm³/mol. The molecule has 0 saturated heterocycles. The average Bonchev–Trinajstić information content (AvgIpc) is 2.02. The van der Waals surface area contributed by atoms with E-state index in [0.717, 1.165) is 0 Å². The number of hydrogen-bond donors (Lipinski definition) is 2. The molecule has 0 spiro atoms. The van der Waals surface area contributed by atoms with Crippen LogP contribution in [0.25, 0.3) is 0 Å². The second kappa shape index (κ2) is 5.19. The van der Waals surface area contributed by atoms with Crippen molar-refractivity contribution in [3.05, 3.63) is 0 Å². The molecule has 13 heavy (non-hydrogen) atoms. The van der Waals surface area contributed by atoms with Crippen molar-refractivity contribution in [1.29, 1.82) is 0 Å². The molecule has 0 bridgehead atoms. The van der Waals surface area contributed by atoms with E-state index in [2.05, 4.69) is 0 Å². The van der Waals surface area contributed by atoms with Gasteiger partial charge in [0.15, 0.2) is 6.23 Å². The highest BCUT2D eigenvalue weighted by molar-refractivity contribution is 5.75. The molecule has 0 aliphatic carbocycles. The monoisotopic (exact) mass is 188 g/mol. The Balaban J connectivity index is 4.00. The van der Waals surface area contributed by atoms with Gasteiger partial charge in [0.25, 0.3) is 0 Å². The van der Waals surface area contributed by atoms with Crippen LogP contribution in [0.3, 0.4) is 0 Å². The molecule has 0 heterocycles. The molecule has 0 amide bonds. The third-order valence-corrected chi connectivity index (χ3v) is 1.90. The van der Waals surface area contributed by atoms with Gasteiger partial charge in [-0.1, -0.05) is 27.7 Å². The summed E-state index contributed by atoms with van der Waals surface area (Å²) in [6, 6.07) is -0.579. The highest BCUT2D eigenvalue weighted by Gasteiger charge is 2.22. The van der Waals surface area contributed by atoms with Gasteiger partial charge in [0.2, 0.25) is 0 Å². The standard InChI is InChI=1S/C9H20N2O2/c1-5(2)7(10)9(12)13-8(11)6(3)4/h5-8H,10-11H2,1-4H3/t7-,8?/m0/s1. The summed E-state index contributed by atoms with van der Waals surface area (Å²) in [4.78, 5) is 11.3. The number of nitrogens with two attached hydrogens (primary N) is 2. The van der Waals surface area contributed by atoms with Crippen LogP contribution >= 0.6 is 0 Å². The van der Waals surface area contributed by atoms with E-state index in [0.29, 0.717) is 0 Å². The van der Waals surface area contributed by atoms with Crippen molar-refractivity contribution < 1.29 is 9.53 Å². The SMILES string of the molecule is CC(C)C(N)OC(=O)[C@@H](N)C(C)C. The molecule has 0 aromatic heterocycles. The van der Waals surface area contributed by atoms with E-state index in [9.17, 15) is 4.79 Å². The highest BCUT2D eigenvalue weighted by atomic mass is 16.6. The van der Waals surface area contributed by atoms with Crippen molar-refractivity contribution in [2.45, 2.75) is 40.0 Å². The van der Waals surface area contributed by atoms with E-state index in [-0.39, 0.29) is 11.8 Å². The summed E-state index contributed by atoms with van der Waals surface area (Å²) in [5.41, 5.74) is 11.1. The summed E-state index contributed by atoms with van der Waals surface area (Å²) in [6.07, 6.45) is -0.558. The first-order chi connectivity index (χ1) is 5.86. The fourth-order valence-corrected chi connectivity index (χ4v) is 0.621. The molecule has 0 fully saturated rings. The first kappa shape index (κ1) is 12.4. The third kappa shape index (κ3) is 4.24. The minimum Gasteiger partial charge on any atom is -0.445 e. The van der Waals surface area contributed by atoms with Gasteiger partial charge in [0.1, 0.15) is 6.04 Å². The first-order valence-corrected chi connectivity index (χ1v) is 4.58. The number of rotatable bonds is 4. The minimum absolute atomic E-state index is 0.0758. The van der Waals surface area contributed by atoms with Crippen molar-refractivity contribution in [3.63, 3.8) is 0 Å². The van der Waals surface area contributed by atoms with Gasteiger partial charge in [-0.3, -0.25) is 10.5 Å². The number of carbonyl (C=O) groups excluding carboxylic acids is 1. The molecule has 4 heteroatoms. The Morgan fingerprint density at radius 2 is 1.54 bits per heavy atom. The molecule has 0 aromatic rings. The zero-order chi connectivity index (χ0) is 10.6. The number of hydrogen-bond acceptors (Lipinski definition) is 4. The number of carbonyl (C=O) groups is 1. The van der Waals surface area contributed by atoms with E-state index in [1.165, 1.54) is 0 Å². The minimum atomic E-state index is -0.579. The molecule has 2 atom stereocenters. The Hall–Kier alpha value is -0.610. The van der Waals surface area contributed by atoms with E-state index in [1.54, 1.807) is 0 Å². The maximum atomic E-state index is 11.3. The van der Waals surface area contributed by atoms with Gasteiger partial charge < -0.3 is 10.5 Å². The van der Waals surface area contributed by atoms with Crippen molar-refractivity contribution in [3.8, 4) is 0 Å². The lowest BCUT2D eigenvalue weighted by molar-refractivity contribution is -0.153. The summed E-state index contributed by atoms with van der Waals surface area (Å²) >= 11 is 0. The zero-order valence-electron chi connectivity index (χ0n) is 8.78. The number of ether oxygens (including phenoxy) is 1. The third-order valence-electron chi connectivity index (χ3n) is 1.90. The van der Waals surface area contributed by atoms with Crippen molar-refractivity contribution in [2.75, 3.05) is 0 Å². The quantitative estimate of drug-likeness (QED) is 0.496. The largest absolute Gasteiger partial charge is 0.445 e. The maximum Gasteiger partial charge on any atom is 0.324 e. The van der Waals surface area contributed by atoms with Crippen LogP contribution in [-0.2, 0) is 9.53 Å². The molecule has 4 nitrogen and oxygen atoms in total. The van der Waals surface area contributed by atoms with Gasteiger partial charge in [-0.2, -0.15) is 0 Å². The molecule has 0 aromatic carbocycles. The van der Waals surface area contributed by atoms with Gasteiger partial charge >= 0.3 is 5.97 Å². The highest BCUT2D eigenvalue weighted by Crippen LogP contribution is 2.05. The lowest BCUT2D eigenvalue weighted by Crippen LogP contribution is -2.42. The molecule has 0 saturated carbocycles. The average molecular weight is 188 g/mol. The molecule has 0 radical (unpaired) electrons. The molecule has 0 rings (SSSR count). The number of esters is 1. The smallest absolute Gasteiger partial charge is 0.324 e. The first-order valence-electron chi connectivity index (χ1n) is 4.58. The molecule has 0 aliphatic rings. The van der Waals surface area contributed by atoms with E-state index >= 15 is 0 Å². The Morgan fingerprint density at radius 1 is 1.08 bits per heavy atom. The Bertz CT molecular complexity index is 169. The van der Waals surface area contributed by atoms with Crippen molar-refractivity contribution >= 4 is 5.97 Å². The molecule has 1 unspecified atom stereocenters. The fourth-order valence-electron chi connectivity index (χ4n) is 0.621. The Kier molecular flexibility index (Phi) is 4.95. The van der Waals surface area contributed by atoms with Crippen LogP contribution in [0.4, 0.5) is 0 Å². The fraction of sp³-hybridized carbons (Fsp3) is 0.889. The summed E-state index contributed by atoms with van der Waals surface area (Å²) in [6.45, 7) is 7.51. The molecule has 4 N–H and O–H groups in total. The predicted octanol–water partition coefficient (Wildman–Crippen LogP) is 0.454. The topological polar surface area (TPSA) is 78.3 Å². The van der Waals surface area contributed by atoms with Gasteiger partial charge in [0.05, 0.1) is 0 Å². The molecular formula is C9H20N2O2. The van der Waals surface area contributed by atoms with Crippen LogP contribution in [-0.4, -0.2) is 18.2 Å². The van der Waals surface area contributed by atoms with Gasteiger partial charge in [-0.05, 0) is 5.92 Å². The van der Waals surface area contributed by atoms with Crippen LogP contribution in [0.2, 0.25) is 0 Å². The molecule has 78 valence electrons. The summed E-state index contributed by atoms with van der Waals surface area (Å²) < 4.78 is 4.95. The van der Waals surface area contributed by atoms with Crippen molar-refractivity contribution in [2.24, 2.45) is 23.3 Å². The molecular weight excluding hydrogens is 168 g/mol. The summed E-state index contributed by atoms with van der Waals surface area (Å²) in [7, 11) is 0. The van der Waals surface area contributed by atoms with E-state index in [1.807, 2.05) is 27.7 Å². The van der Waals surface area contributed by atoms with Gasteiger partial charge in [-0.15, -0.1) is 0 Å². The van der Waals surface area contributed by atoms with Crippen LogP contribution in [0.5, 0.6) is 0 Å². The second-order valence-corrected chi connectivity index (χ2v) is 3.92. The maximum absolute atomic E-state index is 11.3. The van der Waals surface area contributed by atoms with E-state index < -0.39 is 18.2 Å². The Morgan fingerprint density at radius 3 is 1.85 bits per heavy atom. The zero-order valence-corrected chi connectivity index (χ0v) is 8.78. The lowest BCUT2D eigenvalue weighted by Gasteiger charge is -2.20. The van der Waals surface area contributed by atoms with Crippen LogP contribution in [0.15, 0.2) is 0 Å². The normalized spacial score (nSPS) is 16.0. The summed E-state index contributed by atoms with van der Waals surface area (Å²) in [5.74, 6) is -0.230. The van der Waals surface area contributed by atoms with E-state index in [4.69, 9.17) is 16.2 Å². The van der Waals surface area contributed by atoms with Gasteiger partial charge in [0, 0.05) is 5.92 Å². The van der Waals surface area contributed by atoms with Crippen LogP contribution < -0.4 is 11.5 Å². The van der Waals surface area contributed by atoms with Crippen molar-refractivity contribution in [1.82, 2.24) is 0 Å². The lowest BCUT2D eigenvalue weighted by atomic mass is 10.1. The van der Waals surface area contributed by atoms with Gasteiger partial charge in [-0.25, -0.2) is 0 Å². The second-order valence-electron chi connectivity index (χ2n) is 3.92. The van der Waals surface area contributed by atoms with Crippen LogP contribution in [0.1, 0.15) is 27.7 Å².